The fraction of sp³-hybridized carbons (Fsp3) is 0.0526. The highest BCUT2D eigenvalue weighted by molar-refractivity contribution is 8.00. The monoisotopic (exact) mass is 378 g/mol. The van der Waals surface area contributed by atoms with Gasteiger partial charge in [-0.15, -0.1) is 10.2 Å². The number of carbonyl (C=O) groups excluding carboxylic acids is 1. The lowest BCUT2D eigenvalue weighted by atomic mass is 10.2. The van der Waals surface area contributed by atoms with Gasteiger partial charge in [0.2, 0.25) is 5.13 Å². The second-order valence-electron chi connectivity index (χ2n) is 5.49. The number of fused-ring (bicyclic) bond motifs is 1. The third-order valence-corrected chi connectivity index (χ3v) is 5.71. The molecule has 0 aliphatic rings. The Morgan fingerprint density at radius 3 is 2.65 bits per heavy atom. The first-order chi connectivity index (χ1) is 12.8. The van der Waals surface area contributed by atoms with E-state index in [-0.39, 0.29) is 5.91 Å². The summed E-state index contributed by atoms with van der Waals surface area (Å²) in [6, 6.07) is 21.5. The number of para-hydroxylation sites is 1. The molecule has 0 unspecified atom stereocenters. The second kappa shape index (κ2) is 7.63. The van der Waals surface area contributed by atoms with Gasteiger partial charge >= 0.3 is 0 Å². The molecule has 5 nitrogen and oxygen atoms in total. The highest BCUT2D eigenvalue weighted by Crippen LogP contribution is 2.28. The van der Waals surface area contributed by atoms with Crippen molar-refractivity contribution in [1.82, 2.24) is 15.2 Å². The van der Waals surface area contributed by atoms with Gasteiger partial charge in [0.05, 0.1) is 5.52 Å². The first-order valence-corrected chi connectivity index (χ1v) is 9.75. The second-order valence-corrected chi connectivity index (χ2v) is 7.69. The minimum absolute atomic E-state index is 0.286. The summed E-state index contributed by atoms with van der Waals surface area (Å²) in [5.41, 5.74) is 2.37. The molecule has 1 amide bonds. The number of pyridine rings is 1. The van der Waals surface area contributed by atoms with E-state index in [1.54, 1.807) is 17.8 Å². The number of nitrogens with zero attached hydrogens (tertiary/aromatic N) is 3. The van der Waals surface area contributed by atoms with E-state index in [9.17, 15) is 4.79 Å². The summed E-state index contributed by atoms with van der Waals surface area (Å²) in [5.74, 6) is 0.529. The van der Waals surface area contributed by atoms with Gasteiger partial charge in [-0.3, -0.25) is 10.1 Å². The summed E-state index contributed by atoms with van der Waals surface area (Å²) in [6.45, 7) is 0. The number of aromatic nitrogens is 3. The molecule has 26 heavy (non-hydrogen) atoms. The largest absolute Gasteiger partial charge is 0.295 e. The maximum atomic E-state index is 12.4. The zero-order valence-electron chi connectivity index (χ0n) is 13.6. The third-order valence-electron chi connectivity index (χ3n) is 3.66. The van der Waals surface area contributed by atoms with Crippen LogP contribution in [-0.4, -0.2) is 21.1 Å². The molecule has 4 aromatic rings. The molecule has 7 heteroatoms. The summed E-state index contributed by atoms with van der Waals surface area (Å²) >= 11 is 2.96. The zero-order valence-corrected chi connectivity index (χ0v) is 15.3. The van der Waals surface area contributed by atoms with Crippen molar-refractivity contribution < 1.29 is 4.79 Å². The lowest BCUT2D eigenvalue weighted by Crippen LogP contribution is -2.13. The Hall–Kier alpha value is -2.77. The number of hydrogen-bond donors (Lipinski definition) is 1. The van der Waals surface area contributed by atoms with Gasteiger partial charge in [0, 0.05) is 11.1 Å². The predicted molar refractivity (Wildman–Crippen MR) is 106 cm³/mol. The summed E-state index contributed by atoms with van der Waals surface area (Å²) in [7, 11) is 0. The molecular weight excluding hydrogens is 364 g/mol. The molecule has 0 spiro atoms. The van der Waals surface area contributed by atoms with Gasteiger partial charge in [0.15, 0.2) is 4.34 Å². The Labute approximate surface area is 158 Å². The zero-order chi connectivity index (χ0) is 17.8. The lowest BCUT2D eigenvalue weighted by molar-refractivity contribution is 0.102. The number of anilines is 1. The van der Waals surface area contributed by atoms with Gasteiger partial charge in [-0.2, -0.15) is 0 Å². The van der Waals surface area contributed by atoms with Crippen molar-refractivity contribution in [2.24, 2.45) is 0 Å². The first-order valence-electron chi connectivity index (χ1n) is 7.95. The van der Waals surface area contributed by atoms with E-state index >= 15 is 0 Å². The molecule has 0 saturated heterocycles. The summed E-state index contributed by atoms with van der Waals surface area (Å²) in [4.78, 5) is 16.8. The first kappa shape index (κ1) is 16.7. The van der Waals surface area contributed by atoms with Gasteiger partial charge in [-0.1, -0.05) is 77.7 Å². The lowest BCUT2D eigenvalue weighted by Gasteiger charge is -2.02. The Morgan fingerprint density at radius 2 is 1.77 bits per heavy atom. The van der Waals surface area contributed by atoms with E-state index in [0.29, 0.717) is 10.8 Å². The van der Waals surface area contributed by atoms with Crippen LogP contribution in [0.5, 0.6) is 0 Å². The number of carbonyl (C=O) groups is 1. The summed E-state index contributed by atoms with van der Waals surface area (Å²) in [6.07, 6.45) is 0. The molecule has 0 aliphatic carbocycles. The van der Waals surface area contributed by atoms with Gasteiger partial charge in [0.1, 0.15) is 5.69 Å². The number of benzene rings is 2. The number of hydrogen-bond acceptors (Lipinski definition) is 6. The van der Waals surface area contributed by atoms with Crippen LogP contribution in [0.2, 0.25) is 0 Å². The van der Waals surface area contributed by atoms with Crippen molar-refractivity contribution in [2.45, 2.75) is 10.1 Å². The van der Waals surface area contributed by atoms with Crippen LogP contribution in [-0.2, 0) is 5.75 Å². The van der Waals surface area contributed by atoms with E-state index < -0.39 is 0 Å². The fourth-order valence-electron chi connectivity index (χ4n) is 2.39. The molecule has 2 aromatic carbocycles. The molecule has 128 valence electrons. The van der Waals surface area contributed by atoms with Crippen LogP contribution in [0.25, 0.3) is 10.9 Å². The fourth-order valence-corrected chi connectivity index (χ4v) is 4.09. The molecule has 0 bridgehead atoms. The van der Waals surface area contributed by atoms with E-state index in [1.807, 2.05) is 48.5 Å². The Morgan fingerprint density at radius 1 is 0.962 bits per heavy atom. The minimum Gasteiger partial charge on any atom is -0.295 e. The smallest absolute Gasteiger partial charge is 0.276 e. The predicted octanol–water partition coefficient (Wildman–Crippen LogP) is 4.63. The topological polar surface area (TPSA) is 67.8 Å². The highest BCUT2D eigenvalue weighted by Gasteiger charge is 2.12. The maximum Gasteiger partial charge on any atom is 0.276 e. The molecule has 0 aliphatic heterocycles. The quantitative estimate of drug-likeness (QED) is 0.405. The summed E-state index contributed by atoms with van der Waals surface area (Å²) in [5, 5.41) is 12.4. The molecule has 1 N–H and O–H groups in total. The van der Waals surface area contributed by atoms with Crippen LogP contribution >= 0.6 is 23.1 Å². The van der Waals surface area contributed by atoms with Crippen LogP contribution in [0.3, 0.4) is 0 Å². The maximum absolute atomic E-state index is 12.4. The van der Waals surface area contributed by atoms with Crippen molar-refractivity contribution in [3.63, 3.8) is 0 Å². The third kappa shape index (κ3) is 3.89. The Bertz CT molecular complexity index is 1050. The highest BCUT2D eigenvalue weighted by atomic mass is 32.2. The average Bonchev–Trinajstić information content (AvgIpc) is 3.14. The van der Waals surface area contributed by atoms with Crippen LogP contribution in [0, 0.1) is 0 Å². The van der Waals surface area contributed by atoms with Crippen molar-refractivity contribution in [3.8, 4) is 0 Å². The van der Waals surface area contributed by atoms with Crippen molar-refractivity contribution >= 4 is 45.0 Å². The van der Waals surface area contributed by atoms with Gasteiger partial charge in [-0.05, 0) is 17.7 Å². The Kier molecular flexibility index (Phi) is 4.90. The number of nitrogens with one attached hydrogen (secondary N) is 1. The molecular formula is C19H14N4OS2. The van der Waals surface area contributed by atoms with E-state index in [0.717, 1.165) is 21.0 Å². The average molecular weight is 378 g/mol. The van der Waals surface area contributed by atoms with Gasteiger partial charge < -0.3 is 0 Å². The molecule has 2 aromatic heterocycles. The van der Waals surface area contributed by atoms with Crippen LogP contribution in [0.15, 0.2) is 71.1 Å². The molecule has 0 radical (unpaired) electrons. The molecule has 2 heterocycles. The Balaban J connectivity index is 1.42. The van der Waals surface area contributed by atoms with Gasteiger partial charge in [0.25, 0.3) is 5.91 Å². The van der Waals surface area contributed by atoms with Gasteiger partial charge in [-0.25, -0.2) is 4.98 Å². The molecule has 0 fully saturated rings. The number of thioether (sulfide) groups is 1. The minimum atomic E-state index is -0.286. The molecule has 0 atom stereocenters. The van der Waals surface area contributed by atoms with Crippen molar-refractivity contribution in [2.75, 3.05) is 5.32 Å². The van der Waals surface area contributed by atoms with E-state index in [4.69, 9.17) is 0 Å². The standard InChI is InChI=1S/C19H14N4OS2/c24-17(16-11-10-14-8-4-5-9-15(14)20-16)21-18-22-23-19(26-18)25-12-13-6-2-1-3-7-13/h1-11H,12H2,(H,21,22,24). The molecule has 0 saturated carbocycles. The van der Waals surface area contributed by atoms with Crippen LogP contribution in [0.1, 0.15) is 16.1 Å². The summed E-state index contributed by atoms with van der Waals surface area (Å²) < 4.78 is 0.815. The van der Waals surface area contributed by atoms with Crippen molar-refractivity contribution in [3.05, 3.63) is 78.0 Å². The van der Waals surface area contributed by atoms with Crippen LogP contribution < -0.4 is 5.32 Å². The normalized spacial score (nSPS) is 10.8. The van der Waals surface area contributed by atoms with E-state index in [1.165, 1.54) is 16.9 Å². The molecule has 4 rings (SSSR count). The van der Waals surface area contributed by atoms with Crippen LogP contribution in [0.4, 0.5) is 5.13 Å². The SMILES string of the molecule is O=C(Nc1nnc(SCc2ccccc2)s1)c1ccc2ccccc2n1. The van der Waals surface area contributed by atoms with Crippen molar-refractivity contribution in [1.29, 1.82) is 0 Å². The number of rotatable bonds is 5. The number of amides is 1. The van der Waals surface area contributed by atoms with E-state index in [2.05, 4.69) is 32.6 Å².